The van der Waals surface area contributed by atoms with Gasteiger partial charge in [0.15, 0.2) is 0 Å². The molecule has 0 amide bonds. The van der Waals surface area contributed by atoms with E-state index in [1.54, 1.807) is 6.07 Å². The highest BCUT2D eigenvalue weighted by Gasteiger charge is 2.26. The van der Waals surface area contributed by atoms with Crippen molar-refractivity contribution in [2.45, 2.75) is 18.9 Å². The van der Waals surface area contributed by atoms with Crippen molar-refractivity contribution in [1.82, 2.24) is 9.97 Å². The molecule has 1 atom stereocenters. The van der Waals surface area contributed by atoms with Crippen LogP contribution in [0, 0.1) is 10.1 Å². The summed E-state index contributed by atoms with van der Waals surface area (Å²) in [7, 11) is 0. The van der Waals surface area contributed by atoms with E-state index in [0.717, 1.165) is 19.4 Å². The van der Waals surface area contributed by atoms with Gasteiger partial charge in [-0.3, -0.25) is 10.1 Å². The fraction of sp³-hybridized carbons (Fsp3) is 0.417. The molecule has 0 spiro atoms. The monoisotopic (exact) mass is 262 g/mol. The average molecular weight is 262 g/mol. The number of nitro benzene ring substituents is 1. The van der Waals surface area contributed by atoms with Gasteiger partial charge in [0.05, 0.1) is 28.6 Å². The van der Waals surface area contributed by atoms with E-state index in [1.807, 2.05) is 4.90 Å². The molecule has 7 heteroatoms. The molecule has 1 aliphatic rings. The number of fused-ring (bicyclic) bond motifs is 1. The zero-order valence-electron chi connectivity index (χ0n) is 10.2. The second kappa shape index (κ2) is 4.51. The van der Waals surface area contributed by atoms with Crippen LogP contribution in [0.15, 0.2) is 18.2 Å². The molecule has 2 N–H and O–H groups in total. The van der Waals surface area contributed by atoms with Crippen molar-refractivity contribution >= 4 is 22.7 Å². The van der Waals surface area contributed by atoms with Crippen LogP contribution in [0.4, 0.5) is 11.6 Å². The molecular formula is C12H14N4O3. The minimum Gasteiger partial charge on any atom is -0.394 e. The number of nitrogens with zero attached hydrogens (tertiary/aromatic N) is 3. The van der Waals surface area contributed by atoms with Gasteiger partial charge in [-0.25, -0.2) is 4.98 Å². The molecule has 1 fully saturated rings. The van der Waals surface area contributed by atoms with Crippen LogP contribution in [0.3, 0.4) is 0 Å². The van der Waals surface area contributed by atoms with Crippen LogP contribution in [0.1, 0.15) is 12.8 Å². The Morgan fingerprint density at radius 2 is 2.42 bits per heavy atom. The van der Waals surface area contributed by atoms with Gasteiger partial charge in [0.25, 0.3) is 5.69 Å². The number of nitrogens with one attached hydrogen (secondary N) is 1. The first-order chi connectivity index (χ1) is 9.19. The zero-order chi connectivity index (χ0) is 13.4. The fourth-order valence-corrected chi connectivity index (χ4v) is 2.54. The van der Waals surface area contributed by atoms with Crippen LogP contribution in [0.5, 0.6) is 0 Å². The molecule has 2 heterocycles. The first kappa shape index (κ1) is 11.9. The number of anilines is 1. The van der Waals surface area contributed by atoms with Gasteiger partial charge in [0.2, 0.25) is 5.95 Å². The lowest BCUT2D eigenvalue weighted by molar-refractivity contribution is -0.384. The number of aliphatic hydroxyl groups is 1. The standard InChI is InChI=1S/C12H14N4O3/c17-7-9-2-1-5-15(9)12-13-10-4-3-8(16(18)19)6-11(10)14-12/h3-4,6,9,17H,1-2,5,7H2,(H,13,14)/t9-/m0/s1. The van der Waals surface area contributed by atoms with Crippen LogP contribution >= 0.6 is 0 Å². The third-order valence-corrected chi connectivity index (χ3v) is 3.52. The lowest BCUT2D eigenvalue weighted by Crippen LogP contribution is -2.32. The van der Waals surface area contributed by atoms with E-state index in [0.29, 0.717) is 17.0 Å². The number of aromatic amines is 1. The van der Waals surface area contributed by atoms with Crippen molar-refractivity contribution in [3.05, 3.63) is 28.3 Å². The quantitative estimate of drug-likeness (QED) is 0.644. The summed E-state index contributed by atoms with van der Waals surface area (Å²) in [5.74, 6) is 0.673. The van der Waals surface area contributed by atoms with Crippen molar-refractivity contribution < 1.29 is 10.0 Å². The largest absolute Gasteiger partial charge is 0.394 e. The van der Waals surface area contributed by atoms with E-state index in [1.165, 1.54) is 12.1 Å². The lowest BCUT2D eigenvalue weighted by atomic mass is 10.2. The van der Waals surface area contributed by atoms with E-state index in [2.05, 4.69) is 9.97 Å². The highest BCUT2D eigenvalue weighted by molar-refractivity contribution is 5.80. The van der Waals surface area contributed by atoms with Crippen molar-refractivity contribution in [2.24, 2.45) is 0 Å². The molecule has 0 unspecified atom stereocenters. The highest BCUT2D eigenvalue weighted by Crippen LogP contribution is 2.26. The number of imidazole rings is 1. The molecule has 1 saturated heterocycles. The minimum absolute atomic E-state index is 0.0443. The number of hydrogen-bond acceptors (Lipinski definition) is 5. The van der Waals surface area contributed by atoms with E-state index >= 15 is 0 Å². The maximum Gasteiger partial charge on any atom is 0.271 e. The summed E-state index contributed by atoms with van der Waals surface area (Å²) in [6.07, 6.45) is 1.95. The number of H-pyrrole nitrogens is 1. The molecule has 3 rings (SSSR count). The van der Waals surface area contributed by atoms with Gasteiger partial charge >= 0.3 is 0 Å². The smallest absolute Gasteiger partial charge is 0.271 e. The van der Waals surface area contributed by atoms with Crippen molar-refractivity contribution in [1.29, 1.82) is 0 Å². The summed E-state index contributed by atoms with van der Waals surface area (Å²) < 4.78 is 0. The summed E-state index contributed by atoms with van der Waals surface area (Å²) in [5.41, 5.74) is 1.39. The topological polar surface area (TPSA) is 95.3 Å². The summed E-state index contributed by atoms with van der Waals surface area (Å²) in [4.78, 5) is 19.9. The molecule has 0 radical (unpaired) electrons. The predicted octanol–water partition coefficient (Wildman–Crippen LogP) is 1.43. The molecule has 19 heavy (non-hydrogen) atoms. The summed E-state index contributed by atoms with van der Waals surface area (Å²) in [5, 5.41) is 20.1. The third kappa shape index (κ3) is 2.01. The van der Waals surface area contributed by atoms with Crippen LogP contribution in [-0.2, 0) is 0 Å². The Hall–Kier alpha value is -2.15. The molecule has 2 aromatic rings. The third-order valence-electron chi connectivity index (χ3n) is 3.52. The number of benzene rings is 1. The maximum absolute atomic E-state index is 10.7. The number of aromatic nitrogens is 2. The fourth-order valence-electron chi connectivity index (χ4n) is 2.54. The summed E-state index contributed by atoms with van der Waals surface area (Å²) >= 11 is 0. The molecule has 100 valence electrons. The van der Waals surface area contributed by atoms with Crippen molar-refractivity contribution in [3.8, 4) is 0 Å². The highest BCUT2D eigenvalue weighted by atomic mass is 16.6. The number of hydrogen-bond donors (Lipinski definition) is 2. The van der Waals surface area contributed by atoms with Crippen LogP contribution in [0.2, 0.25) is 0 Å². The summed E-state index contributed by atoms with van der Waals surface area (Å²) in [6, 6.07) is 4.64. The molecule has 7 nitrogen and oxygen atoms in total. The number of nitro groups is 1. The molecule has 1 aliphatic heterocycles. The Balaban J connectivity index is 1.99. The second-order valence-electron chi connectivity index (χ2n) is 4.69. The Labute approximate surface area is 109 Å². The van der Waals surface area contributed by atoms with Gasteiger partial charge in [0.1, 0.15) is 0 Å². The van der Waals surface area contributed by atoms with Gasteiger partial charge < -0.3 is 15.0 Å². The summed E-state index contributed by atoms with van der Waals surface area (Å²) in [6.45, 7) is 0.935. The van der Waals surface area contributed by atoms with Crippen molar-refractivity contribution in [2.75, 3.05) is 18.1 Å². The van der Waals surface area contributed by atoms with E-state index in [9.17, 15) is 15.2 Å². The molecule has 0 saturated carbocycles. The van der Waals surface area contributed by atoms with E-state index in [-0.39, 0.29) is 18.3 Å². The van der Waals surface area contributed by atoms with Gasteiger partial charge in [-0.2, -0.15) is 0 Å². The first-order valence-corrected chi connectivity index (χ1v) is 6.20. The molecular weight excluding hydrogens is 248 g/mol. The Morgan fingerprint density at radius 3 is 3.16 bits per heavy atom. The molecule has 0 aliphatic carbocycles. The number of aliphatic hydroxyl groups excluding tert-OH is 1. The van der Waals surface area contributed by atoms with Crippen LogP contribution in [0.25, 0.3) is 11.0 Å². The molecule has 1 aromatic carbocycles. The van der Waals surface area contributed by atoms with Gasteiger partial charge in [-0.1, -0.05) is 0 Å². The van der Waals surface area contributed by atoms with Gasteiger partial charge in [0, 0.05) is 18.7 Å². The Kier molecular flexibility index (Phi) is 2.83. The number of non-ortho nitro benzene ring substituents is 1. The second-order valence-corrected chi connectivity index (χ2v) is 4.69. The van der Waals surface area contributed by atoms with Gasteiger partial charge in [-0.15, -0.1) is 0 Å². The van der Waals surface area contributed by atoms with Crippen molar-refractivity contribution in [3.63, 3.8) is 0 Å². The van der Waals surface area contributed by atoms with Crippen LogP contribution < -0.4 is 4.90 Å². The lowest BCUT2D eigenvalue weighted by Gasteiger charge is -2.21. The average Bonchev–Trinajstić information content (AvgIpc) is 3.03. The Bertz CT molecular complexity index is 624. The van der Waals surface area contributed by atoms with Crippen LogP contribution in [-0.4, -0.2) is 39.2 Å². The maximum atomic E-state index is 10.7. The minimum atomic E-state index is -0.424. The first-order valence-electron chi connectivity index (χ1n) is 6.20. The Morgan fingerprint density at radius 1 is 1.58 bits per heavy atom. The molecule has 1 aromatic heterocycles. The SMILES string of the molecule is O=[N+]([O-])c1ccc2nc(N3CCC[C@H]3CO)[nH]c2c1. The number of rotatable bonds is 3. The molecule has 0 bridgehead atoms. The normalized spacial score (nSPS) is 19.2. The van der Waals surface area contributed by atoms with E-state index in [4.69, 9.17) is 0 Å². The van der Waals surface area contributed by atoms with Gasteiger partial charge in [-0.05, 0) is 18.9 Å². The predicted molar refractivity (Wildman–Crippen MR) is 70.2 cm³/mol. The van der Waals surface area contributed by atoms with E-state index < -0.39 is 4.92 Å². The zero-order valence-corrected chi connectivity index (χ0v) is 10.2.